The number of benzene rings is 1. The zero-order chi connectivity index (χ0) is 9.97. The molecular formula is C12H13NO. The van der Waals surface area contributed by atoms with Gasteiger partial charge in [-0.1, -0.05) is 18.2 Å². The van der Waals surface area contributed by atoms with Gasteiger partial charge in [0.05, 0.1) is 0 Å². The minimum atomic E-state index is 0.448. The largest absolute Gasteiger partial charge is 0.345 e. The highest BCUT2D eigenvalue weighted by Crippen LogP contribution is 2.31. The topological polar surface area (TPSA) is 20.3 Å². The van der Waals surface area contributed by atoms with Crippen LogP contribution in [0, 0.1) is 0 Å². The van der Waals surface area contributed by atoms with Crippen LogP contribution >= 0.6 is 0 Å². The van der Waals surface area contributed by atoms with Crippen molar-refractivity contribution in [2.75, 3.05) is 4.90 Å². The maximum Gasteiger partial charge on any atom is 0.144 e. The third-order valence-electron chi connectivity index (χ3n) is 2.59. The fourth-order valence-electron chi connectivity index (χ4n) is 1.94. The molecule has 0 aliphatic carbocycles. The second-order valence-electron chi connectivity index (χ2n) is 3.57. The lowest BCUT2D eigenvalue weighted by atomic mass is 10.1. The molecule has 2 nitrogen and oxygen atoms in total. The Labute approximate surface area is 83.8 Å². The summed E-state index contributed by atoms with van der Waals surface area (Å²) in [5, 5.41) is 0. The van der Waals surface area contributed by atoms with Gasteiger partial charge < -0.3 is 4.90 Å². The molecule has 1 aliphatic heterocycles. The second kappa shape index (κ2) is 3.66. The van der Waals surface area contributed by atoms with Gasteiger partial charge in [0.15, 0.2) is 0 Å². The van der Waals surface area contributed by atoms with E-state index in [0.717, 1.165) is 12.7 Å². The van der Waals surface area contributed by atoms with E-state index >= 15 is 0 Å². The van der Waals surface area contributed by atoms with Gasteiger partial charge in [0.25, 0.3) is 0 Å². The van der Waals surface area contributed by atoms with Crippen LogP contribution in [0.4, 0.5) is 5.69 Å². The van der Waals surface area contributed by atoms with E-state index in [0.29, 0.717) is 6.04 Å². The van der Waals surface area contributed by atoms with Gasteiger partial charge in [-0.2, -0.15) is 0 Å². The van der Waals surface area contributed by atoms with Crippen molar-refractivity contribution >= 4 is 12.0 Å². The van der Waals surface area contributed by atoms with Crippen LogP contribution < -0.4 is 4.90 Å². The normalized spacial score (nSPS) is 20.1. The molecule has 0 saturated carbocycles. The molecule has 0 saturated heterocycles. The number of rotatable bonds is 2. The Morgan fingerprint density at radius 3 is 3.00 bits per heavy atom. The lowest BCUT2D eigenvalue weighted by Crippen LogP contribution is -2.22. The molecule has 0 radical (unpaired) electrons. The highest BCUT2D eigenvalue weighted by atomic mass is 16.1. The van der Waals surface area contributed by atoms with E-state index in [4.69, 9.17) is 0 Å². The summed E-state index contributed by atoms with van der Waals surface area (Å²) in [5.41, 5.74) is 2.58. The van der Waals surface area contributed by atoms with Crippen molar-refractivity contribution < 1.29 is 4.79 Å². The lowest BCUT2D eigenvalue weighted by molar-refractivity contribution is -0.104. The van der Waals surface area contributed by atoms with Crippen molar-refractivity contribution in [3.63, 3.8) is 0 Å². The molecule has 0 amide bonds. The third-order valence-corrected chi connectivity index (χ3v) is 2.59. The number of para-hydroxylation sites is 1. The summed E-state index contributed by atoms with van der Waals surface area (Å²) < 4.78 is 0. The van der Waals surface area contributed by atoms with Crippen molar-refractivity contribution in [1.82, 2.24) is 0 Å². The molecule has 0 spiro atoms. The van der Waals surface area contributed by atoms with Crippen LogP contribution in [0.15, 0.2) is 36.5 Å². The highest BCUT2D eigenvalue weighted by Gasteiger charge is 2.23. The number of carbonyl (C=O) groups is 1. The summed E-state index contributed by atoms with van der Waals surface area (Å²) in [6.07, 6.45) is 5.26. The van der Waals surface area contributed by atoms with E-state index in [1.807, 2.05) is 12.3 Å². The van der Waals surface area contributed by atoms with E-state index in [1.165, 1.54) is 11.3 Å². The Morgan fingerprint density at radius 1 is 1.43 bits per heavy atom. The number of aldehydes is 1. The molecule has 1 atom stereocenters. The first-order chi connectivity index (χ1) is 6.83. The fraction of sp³-hybridized carbons (Fsp3) is 0.250. The molecule has 0 aromatic heterocycles. The number of allylic oxidation sites excluding steroid dienone is 1. The van der Waals surface area contributed by atoms with Crippen molar-refractivity contribution in [3.8, 4) is 0 Å². The van der Waals surface area contributed by atoms with E-state index in [1.54, 1.807) is 6.08 Å². The SMILES string of the molecule is CC1Cc2ccccc2N1/C=C/C=O. The predicted octanol–water partition coefficient (Wildman–Crippen LogP) is 2.15. The van der Waals surface area contributed by atoms with Crippen LogP contribution in [0.5, 0.6) is 0 Å². The average Bonchev–Trinajstić information content (AvgIpc) is 2.51. The Bertz CT molecular complexity index is 370. The van der Waals surface area contributed by atoms with Crippen LogP contribution in [-0.4, -0.2) is 12.3 Å². The third kappa shape index (κ3) is 1.43. The molecule has 72 valence electrons. The standard InChI is InChI=1S/C12H13NO/c1-10-9-11-5-2-3-6-12(11)13(10)7-4-8-14/h2-8,10H,9H2,1H3/b7-4+. The molecule has 2 heteroatoms. The maximum absolute atomic E-state index is 10.3. The Kier molecular flexibility index (Phi) is 2.35. The Morgan fingerprint density at radius 2 is 2.21 bits per heavy atom. The van der Waals surface area contributed by atoms with Gasteiger partial charge in [0.1, 0.15) is 6.29 Å². The number of fused-ring (bicyclic) bond motifs is 1. The molecule has 1 aliphatic rings. The van der Waals surface area contributed by atoms with E-state index < -0.39 is 0 Å². The monoisotopic (exact) mass is 187 g/mol. The summed E-state index contributed by atoms with van der Waals surface area (Å²) in [4.78, 5) is 12.4. The minimum Gasteiger partial charge on any atom is -0.345 e. The quantitative estimate of drug-likeness (QED) is 0.522. The van der Waals surface area contributed by atoms with Gasteiger partial charge in [-0.3, -0.25) is 4.79 Å². The van der Waals surface area contributed by atoms with Crippen molar-refractivity contribution in [1.29, 1.82) is 0 Å². The zero-order valence-electron chi connectivity index (χ0n) is 8.18. The van der Waals surface area contributed by atoms with Crippen LogP contribution in [0.25, 0.3) is 0 Å². The molecule has 1 aromatic carbocycles. The fourth-order valence-corrected chi connectivity index (χ4v) is 1.94. The molecule has 14 heavy (non-hydrogen) atoms. The smallest absolute Gasteiger partial charge is 0.144 e. The summed E-state index contributed by atoms with van der Waals surface area (Å²) in [7, 11) is 0. The molecule has 1 unspecified atom stereocenters. The van der Waals surface area contributed by atoms with Gasteiger partial charge in [-0.15, -0.1) is 0 Å². The first-order valence-corrected chi connectivity index (χ1v) is 4.81. The number of nitrogens with zero attached hydrogens (tertiary/aromatic N) is 1. The van der Waals surface area contributed by atoms with E-state index in [2.05, 4.69) is 30.0 Å². The summed E-state index contributed by atoms with van der Waals surface area (Å²) >= 11 is 0. The summed E-state index contributed by atoms with van der Waals surface area (Å²) in [5.74, 6) is 0. The zero-order valence-corrected chi connectivity index (χ0v) is 8.18. The van der Waals surface area contributed by atoms with Gasteiger partial charge in [0, 0.05) is 17.9 Å². The number of carbonyl (C=O) groups excluding carboxylic acids is 1. The van der Waals surface area contributed by atoms with E-state index in [-0.39, 0.29) is 0 Å². The molecule has 0 N–H and O–H groups in total. The maximum atomic E-state index is 10.3. The lowest BCUT2D eigenvalue weighted by Gasteiger charge is -2.19. The van der Waals surface area contributed by atoms with Crippen LogP contribution in [0.1, 0.15) is 12.5 Å². The number of anilines is 1. The van der Waals surface area contributed by atoms with Crippen LogP contribution in [-0.2, 0) is 11.2 Å². The van der Waals surface area contributed by atoms with Crippen molar-refractivity contribution in [2.45, 2.75) is 19.4 Å². The van der Waals surface area contributed by atoms with Crippen LogP contribution in [0.3, 0.4) is 0 Å². The van der Waals surface area contributed by atoms with Gasteiger partial charge in [-0.25, -0.2) is 0 Å². The molecule has 1 aromatic rings. The first kappa shape index (κ1) is 9.00. The molecule has 1 heterocycles. The Balaban J connectivity index is 2.34. The highest BCUT2D eigenvalue weighted by molar-refractivity contribution is 5.68. The summed E-state index contributed by atoms with van der Waals surface area (Å²) in [6.45, 7) is 2.16. The van der Waals surface area contributed by atoms with E-state index in [9.17, 15) is 4.79 Å². The first-order valence-electron chi connectivity index (χ1n) is 4.81. The molecule has 0 bridgehead atoms. The van der Waals surface area contributed by atoms with Crippen molar-refractivity contribution in [2.24, 2.45) is 0 Å². The van der Waals surface area contributed by atoms with Gasteiger partial charge in [-0.05, 0) is 31.1 Å². The van der Waals surface area contributed by atoms with Crippen LogP contribution in [0.2, 0.25) is 0 Å². The molecule has 2 rings (SSSR count). The van der Waals surface area contributed by atoms with Gasteiger partial charge >= 0.3 is 0 Å². The minimum absolute atomic E-state index is 0.448. The Hall–Kier alpha value is -1.57. The molecular weight excluding hydrogens is 174 g/mol. The average molecular weight is 187 g/mol. The molecule has 0 fully saturated rings. The van der Waals surface area contributed by atoms with Crippen molar-refractivity contribution in [3.05, 3.63) is 42.1 Å². The number of hydrogen-bond acceptors (Lipinski definition) is 2. The summed E-state index contributed by atoms with van der Waals surface area (Å²) in [6, 6.07) is 8.76. The van der Waals surface area contributed by atoms with Gasteiger partial charge in [0.2, 0.25) is 0 Å². The predicted molar refractivity (Wildman–Crippen MR) is 57.3 cm³/mol. The second-order valence-corrected chi connectivity index (χ2v) is 3.57. The number of hydrogen-bond donors (Lipinski definition) is 0.